The summed E-state index contributed by atoms with van der Waals surface area (Å²) in [5, 5.41) is 0. The molecule has 3 aliphatic carbocycles. The van der Waals surface area contributed by atoms with E-state index in [0.29, 0.717) is 24.0 Å². The Hall–Kier alpha value is -4.62. The zero-order valence-electron chi connectivity index (χ0n) is 33.7. The van der Waals surface area contributed by atoms with Gasteiger partial charge in [0.1, 0.15) is 30.0 Å². The molecule has 4 aliphatic rings. The highest BCUT2D eigenvalue weighted by molar-refractivity contribution is 5.89. The van der Waals surface area contributed by atoms with Gasteiger partial charge < -0.3 is 33.3 Å². The van der Waals surface area contributed by atoms with Crippen LogP contribution in [0.4, 0.5) is 0 Å². The summed E-state index contributed by atoms with van der Waals surface area (Å²) in [6.45, 7) is 11.8. The lowest BCUT2D eigenvalue weighted by molar-refractivity contribution is -0.223. The maximum atomic E-state index is 14.1. The highest BCUT2D eigenvalue weighted by atomic mass is 16.6. The summed E-state index contributed by atoms with van der Waals surface area (Å²) in [7, 11) is 3.82. The van der Waals surface area contributed by atoms with E-state index in [1.165, 1.54) is 27.0 Å². The van der Waals surface area contributed by atoms with E-state index in [2.05, 4.69) is 4.98 Å². The molecule has 1 aromatic heterocycles. The van der Waals surface area contributed by atoms with Crippen LogP contribution in [0.1, 0.15) is 96.1 Å². The quantitative estimate of drug-likeness (QED) is 0.128. The van der Waals surface area contributed by atoms with Crippen molar-refractivity contribution in [2.75, 3.05) is 20.7 Å². The highest BCUT2D eigenvalue weighted by Gasteiger charge is 2.75. The highest BCUT2D eigenvalue weighted by Crippen LogP contribution is 2.65. The van der Waals surface area contributed by atoms with Crippen LogP contribution in [0.5, 0.6) is 0 Å². The Kier molecular flexibility index (Phi) is 11.5. The third-order valence-corrected chi connectivity index (χ3v) is 12.6. The van der Waals surface area contributed by atoms with Gasteiger partial charge in [-0.05, 0) is 74.5 Å². The maximum absolute atomic E-state index is 14.1. The second-order valence-corrected chi connectivity index (χ2v) is 16.8. The molecule has 1 aromatic carbocycles. The number of ether oxygens (including phenoxy) is 6. The number of carbonyl (C=O) groups excluding carboxylic acids is 5. The Morgan fingerprint density at radius 2 is 1.55 bits per heavy atom. The predicted molar refractivity (Wildman–Crippen MR) is 202 cm³/mol. The molecular formula is C43H54N2O11. The zero-order chi connectivity index (χ0) is 40.7. The van der Waals surface area contributed by atoms with E-state index in [1.54, 1.807) is 18.3 Å². The number of fused-ring (bicyclic) bond motifs is 4. The first kappa shape index (κ1) is 41.0. The van der Waals surface area contributed by atoms with Gasteiger partial charge in [0.15, 0.2) is 6.10 Å². The van der Waals surface area contributed by atoms with Crippen LogP contribution in [0.2, 0.25) is 0 Å². The minimum absolute atomic E-state index is 0.0753. The largest absolute Gasteiger partial charge is 0.462 e. The van der Waals surface area contributed by atoms with E-state index in [1.807, 2.05) is 77.0 Å². The third-order valence-electron chi connectivity index (χ3n) is 12.6. The predicted octanol–water partition coefficient (Wildman–Crippen LogP) is 5.57. The van der Waals surface area contributed by atoms with Gasteiger partial charge in [0, 0.05) is 56.5 Å². The Morgan fingerprint density at radius 3 is 2.12 bits per heavy atom. The molecule has 10 atom stereocenters. The second-order valence-electron chi connectivity index (χ2n) is 16.8. The number of nitrogens with zero attached hydrogens (tertiary/aromatic N) is 2. The molecule has 1 aliphatic heterocycles. The summed E-state index contributed by atoms with van der Waals surface area (Å²) in [6, 6.07) is 12.7. The summed E-state index contributed by atoms with van der Waals surface area (Å²) in [5.41, 5.74) is -0.708. The van der Waals surface area contributed by atoms with E-state index in [-0.39, 0.29) is 31.1 Å². The minimum Gasteiger partial charge on any atom is -0.462 e. The fourth-order valence-electron chi connectivity index (χ4n) is 10.1. The molecule has 2 aromatic rings. The molecule has 56 heavy (non-hydrogen) atoms. The van der Waals surface area contributed by atoms with Crippen molar-refractivity contribution in [2.45, 2.75) is 116 Å². The van der Waals surface area contributed by atoms with Crippen LogP contribution in [0.3, 0.4) is 0 Å². The van der Waals surface area contributed by atoms with Crippen LogP contribution < -0.4 is 0 Å². The molecule has 0 amide bonds. The van der Waals surface area contributed by atoms with Crippen molar-refractivity contribution in [3.8, 4) is 0 Å². The fraction of sp³-hybridized carbons (Fsp3) is 0.581. The lowest BCUT2D eigenvalue weighted by Gasteiger charge is -2.61. The zero-order valence-corrected chi connectivity index (χ0v) is 33.7. The number of benzene rings is 1. The van der Waals surface area contributed by atoms with Crippen LogP contribution in [-0.4, -0.2) is 96.6 Å². The van der Waals surface area contributed by atoms with Crippen LogP contribution >= 0.6 is 0 Å². The maximum Gasteiger partial charge on any atom is 0.340 e. The first-order valence-corrected chi connectivity index (χ1v) is 19.3. The number of esters is 5. The van der Waals surface area contributed by atoms with Crippen LogP contribution in [-0.2, 0) is 47.6 Å². The lowest BCUT2D eigenvalue weighted by atomic mass is 9.48. The van der Waals surface area contributed by atoms with Gasteiger partial charge in [-0.15, -0.1) is 0 Å². The van der Waals surface area contributed by atoms with Gasteiger partial charge >= 0.3 is 29.8 Å². The molecule has 0 N–H and O–H groups in total. The molecule has 2 saturated carbocycles. The Balaban J connectivity index is 1.51. The van der Waals surface area contributed by atoms with Crippen molar-refractivity contribution < 1.29 is 52.4 Å². The van der Waals surface area contributed by atoms with Crippen LogP contribution in [0.15, 0.2) is 66.0 Å². The first-order valence-electron chi connectivity index (χ1n) is 19.3. The van der Waals surface area contributed by atoms with Crippen molar-refractivity contribution in [3.05, 3.63) is 77.1 Å². The van der Waals surface area contributed by atoms with E-state index in [0.717, 1.165) is 5.56 Å². The van der Waals surface area contributed by atoms with Gasteiger partial charge in [-0.1, -0.05) is 51.1 Å². The van der Waals surface area contributed by atoms with Gasteiger partial charge in [0.25, 0.3) is 0 Å². The number of rotatable bonds is 10. The molecule has 2 heterocycles. The van der Waals surface area contributed by atoms with E-state index >= 15 is 0 Å². The number of aromatic nitrogens is 1. The van der Waals surface area contributed by atoms with E-state index in [4.69, 9.17) is 28.4 Å². The number of hydrogen-bond acceptors (Lipinski definition) is 13. The monoisotopic (exact) mass is 774 g/mol. The Labute approximate surface area is 328 Å². The third kappa shape index (κ3) is 7.72. The van der Waals surface area contributed by atoms with Crippen molar-refractivity contribution in [1.29, 1.82) is 0 Å². The van der Waals surface area contributed by atoms with Crippen LogP contribution in [0, 0.1) is 22.7 Å². The smallest absolute Gasteiger partial charge is 0.340 e. The van der Waals surface area contributed by atoms with Gasteiger partial charge in [0.2, 0.25) is 0 Å². The summed E-state index contributed by atoms with van der Waals surface area (Å²) < 4.78 is 38.0. The summed E-state index contributed by atoms with van der Waals surface area (Å²) in [5.74, 6) is -4.05. The summed E-state index contributed by atoms with van der Waals surface area (Å²) >= 11 is 0. The molecule has 302 valence electrons. The molecule has 0 unspecified atom stereocenters. The van der Waals surface area contributed by atoms with Crippen molar-refractivity contribution in [1.82, 2.24) is 9.88 Å². The number of pyridine rings is 1. The van der Waals surface area contributed by atoms with Gasteiger partial charge in [0.05, 0.1) is 18.6 Å². The Morgan fingerprint density at radius 1 is 0.893 bits per heavy atom. The molecule has 2 bridgehead atoms. The number of carbonyl (C=O) groups is 5. The molecular weight excluding hydrogens is 720 g/mol. The molecule has 13 nitrogen and oxygen atoms in total. The molecule has 1 spiro atoms. The average molecular weight is 775 g/mol. The van der Waals surface area contributed by atoms with Crippen molar-refractivity contribution >= 4 is 29.8 Å². The van der Waals surface area contributed by atoms with Crippen LogP contribution in [0.25, 0.3) is 0 Å². The molecule has 13 heteroatoms. The van der Waals surface area contributed by atoms with E-state index in [9.17, 15) is 24.0 Å². The minimum atomic E-state index is -1.17. The van der Waals surface area contributed by atoms with Gasteiger partial charge in [-0.25, -0.2) is 4.79 Å². The second kappa shape index (κ2) is 15.7. The molecule has 0 radical (unpaired) electrons. The summed E-state index contributed by atoms with van der Waals surface area (Å²) in [6.07, 6.45) is -0.822. The molecule has 6 rings (SSSR count). The molecule has 1 saturated heterocycles. The topological polar surface area (TPSA) is 160 Å². The average Bonchev–Trinajstić information content (AvgIpc) is 3.91. The normalized spacial score (nSPS) is 32.2. The van der Waals surface area contributed by atoms with Gasteiger partial charge in [-0.3, -0.25) is 24.2 Å². The number of hydrogen-bond donors (Lipinski definition) is 0. The standard InChI is InChI=1S/C43H54N2O11/c1-24-32(52-25(2)46)20-30-36(53-26(3)47)38-42(7,39(56-40(50)29-16-13-19-44-22-29)37(54-27(4)48)35(24)41(30,5)6)18-17-33(43(38)23-51-43)55-34(49)21-31(45(8)9)28-14-11-10-12-15-28/h10-16,19,22,30-33,36-39H,17-18,20-21,23H2,1-9H3/t30-,31+,32-,33-,36+,37+,38-,39-,42-,43-/m0/s1. The fourth-order valence-corrected chi connectivity index (χ4v) is 10.1. The molecule has 3 fully saturated rings. The summed E-state index contributed by atoms with van der Waals surface area (Å²) in [4.78, 5) is 73.1. The number of epoxide rings is 1. The van der Waals surface area contributed by atoms with Crippen molar-refractivity contribution in [2.24, 2.45) is 22.7 Å². The van der Waals surface area contributed by atoms with Gasteiger partial charge in [-0.2, -0.15) is 0 Å². The SMILES string of the molecule is CC(=O)O[C@@H]1[C@@H]2C[C@H](OC(C)=O)C(C)=C([C@@H](OC(C)=O)[C@H](OC(=O)c3cccnc3)[C@@]3(C)CC[C@H](OC(=O)C[C@H](c4ccccc4)N(C)C)[C@@]4(CO4)[C@@H]13)C2(C)C. The first-order chi connectivity index (χ1) is 26.4. The van der Waals surface area contributed by atoms with Crippen molar-refractivity contribution in [3.63, 3.8) is 0 Å². The lowest BCUT2D eigenvalue weighted by Crippen LogP contribution is -2.68. The van der Waals surface area contributed by atoms with E-state index < -0.39 is 88.6 Å². The Bertz CT molecular complexity index is 1860.